The number of pyridine rings is 1. The Balaban J connectivity index is 1.99. The smallest absolute Gasteiger partial charge is 0.338 e. The molecule has 1 saturated heterocycles. The number of fused-ring (bicyclic) bond motifs is 1. The zero-order valence-electron chi connectivity index (χ0n) is 14.2. The van der Waals surface area contributed by atoms with Gasteiger partial charge in [0.05, 0.1) is 29.7 Å². The molecule has 0 amide bonds. The van der Waals surface area contributed by atoms with Crippen LogP contribution in [0.5, 0.6) is 0 Å². The van der Waals surface area contributed by atoms with Crippen LogP contribution in [-0.4, -0.2) is 33.2 Å². The number of aromatic carboxylic acids is 1. The van der Waals surface area contributed by atoms with Gasteiger partial charge < -0.3 is 14.2 Å². The van der Waals surface area contributed by atoms with Crippen LogP contribution >= 0.6 is 0 Å². The highest BCUT2D eigenvalue weighted by atomic mass is 19.1. The molecule has 0 radical (unpaired) electrons. The number of hydrogen-bond donors (Lipinski definition) is 1. The van der Waals surface area contributed by atoms with E-state index in [2.05, 4.69) is 4.98 Å². The van der Waals surface area contributed by atoms with Gasteiger partial charge in [0, 0.05) is 18.2 Å². The third-order valence-corrected chi connectivity index (χ3v) is 4.62. The number of rotatable bonds is 4. The lowest BCUT2D eigenvalue weighted by Gasteiger charge is -2.11. The Morgan fingerprint density at radius 2 is 2.12 bits per heavy atom. The Bertz CT molecular complexity index is 1050. The summed E-state index contributed by atoms with van der Waals surface area (Å²) < 4.78 is 36.4. The van der Waals surface area contributed by atoms with Crippen LogP contribution in [0.4, 0.5) is 8.78 Å². The standard InChI is InChI=1S/C19H16F2N2O3/c1-9-3-4-23-14(6-11-8-26-11)18(22-15(23)5-9)16-10(2)17(21)12(19(24)25)7-13(16)20/h3-5,7,11H,6,8H2,1-2H3,(H,24,25). The molecule has 134 valence electrons. The number of halogens is 2. The highest BCUT2D eigenvalue weighted by Gasteiger charge is 2.29. The molecule has 5 nitrogen and oxygen atoms in total. The van der Waals surface area contributed by atoms with Crippen LogP contribution in [-0.2, 0) is 11.2 Å². The molecule has 0 spiro atoms. The number of hydrogen-bond acceptors (Lipinski definition) is 3. The summed E-state index contributed by atoms with van der Waals surface area (Å²) in [6, 6.07) is 4.48. The van der Waals surface area contributed by atoms with Crippen molar-refractivity contribution in [1.29, 1.82) is 0 Å². The zero-order chi connectivity index (χ0) is 18.6. The maximum Gasteiger partial charge on any atom is 0.338 e. The first-order chi connectivity index (χ1) is 12.4. The molecule has 1 atom stereocenters. The molecule has 1 fully saturated rings. The molecule has 1 aliphatic rings. The fraction of sp³-hybridized carbons (Fsp3) is 0.263. The van der Waals surface area contributed by atoms with Gasteiger partial charge in [-0.05, 0) is 43.2 Å². The van der Waals surface area contributed by atoms with Crippen LogP contribution in [0.1, 0.15) is 27.2 Å². The third-order valence-electron chi connectivity index (χ3n) is 4.62. The van der Waals surface area contributed by atoms with E-state index < -0.39 is 23.2 Å². The molecule has 7 heteroatoms. The van der Waals surface area contributed by atoms with Gasteiger partial charge >= 0.3 is 5.97 Å². The molecule has 0 aliphatic carbocycles. The minimum atomic E-state index is -1.51. The Labute approximate surface area is 147 Å². The van der Waals surface area contributed by atoms with Crippen molar-refractivity contribution in [3.63, 3.8) is 0 Å². The number of imidazole rings is 1. The second-order valence-corrected chi connectivity index (χ2v) is 6.52. The molecule has 1 N–H and O–H groups in total. The molecule has 1 aliphatic heterocycles. The maximum atomic E-state index is 14.8. The van der Waals surface area contributed by atoms with Gasteiger partial charge in [-0.15, -0.1) is 0 Å². The fourth-order valence-electron chi connectivity index (χ4n) is 3.19. The van der Waals surface area contributed by atoms with Crippen molar-refractivity contribution in [1.82, 2.24) is 9.38 Å². The summed E-state index contributed by atoms with van der Waals surface area (Å²) >= 11 is 0. The Morgan fingerprint density at radius 1 is 1.38 bits per heavy atom. The van der Waals surface area contributed by atoms with Crippen molar-refractivity contribution < 1.29 is 23.4 Å². The van der Waals surface area contributed by atoms with Gasteiger partial charge in [0.25, 0.3) is 0 Å². The summed E-state index contributed by atoms with van der Waals surface area (Å²) in [7, 11) is 0. The minimum Gasteiger partial charge on any atom is -0.478 e. The molecule has 3 heterocycles. The molecular formula is C19H16F2N2O3. The first-order valence-electron chi connectivity index (χ1n) is 8.18. The predicted octanol–water partition coefficient (Wildman–Crippen LogP) is 3.54. The highest BCUT2D eigenvalue weighted by molar-refractivity contribution is 5.89. The highest BCUT2D eigenvalue weighted by Crippen LogP contribution is 2.34. The lowest BCUT2D eigenvalue weighted by atomic mass is 9.98. The molecule has 1 aromatic carbocycles. The fourth-order valence-corrected chi connectivity index (χ4v) is 3.19. The van der Waals surface area contributed by atoms with Crippen LogP contribution < -0.4 is 0 Å². The topological polar surface area (TPSA) is 67.1 Å². The van der Waals surface area contributed by atoms with Gasteiger partial charge in [-0.3, -0.25) is 0 Å². The first-order valence-corrected chi connectivity index (χ1v) is 8.18. The summed E-state index contributed by atoms with van der Waals surface area (Å²) in [6.07, 6.45) is 2.39. The van der Waals surface area contributed by atoms with Crippen molar-refractivity contribution in [3.8, 4) is 11.3 Å². The summed E-state index contributed by atoms with van der Waals surface area (Å²) in [6.45, 7) is 3.91. The largest absolute Gasteiger partial charge is 0.478 e. The van der Waals surface area contributed by atoms with Crippen LogP contribution in [0.25, 0.3) is 16.9 Å². The molecular weight excluding hydrogens is 342 g/mol. The van der Waals surface area contributed by atoms with Crippen molar-refractivity contribution in [2.24, 2.45) is 0 Å². The molecule has 4 rings (SSSR count). The second-order valence-electron chi connectivity index (χ2n) is 6.52. The summed E-state index contributed by atoms with van der Waals surface area (Å²) in [5.41, 5.74) is 1.88. The number of ether oxygens (including phenoxy) is 1. The van der Waals surface area contributed by atoms with Gasteiger partial charge in [-0.25, -0.2) is 18.6 Å². The maximum absolute atomic E-state index is 14.8. The first kappa shape index (κ1) is 16.7. The van der Waals surface area contributed by atoms with E-state index in [1.165, 1.54) is 6.92 Å². The van der Waals surface area contributed by atoms with E-state index in [0.29, 0.717) is 36.1 Å². The number of carboxylic acids is 1. The van der Waals surface area contributed by atoms with Gasteiger partial charge in [0.1, 0.15) is 17.3 Å². The molecule has 0 bridgehead atoms. The molecule has 3 aromatic rings. The van der Waals surface area contributed by atoms with E-state index in [-0.39, 0.29) is 17.2 Å². The van der Waals surface area contributed by atoms with Crippen molar-refractivity contribution in [2.45, 2.75) is 26.4 Å². The SMILES string of the molecule is Cc1ccn2c(CC3CO3)c(-c3c(F)cc(C(=O)O)c(F)c3C)nc2c1. The number of aromatic nitrogens is 2. The van der Waals surface area contributed by atoms with Gasteiger partial charge in [0.2, 0.25) is 0 Å². The second kappa shape index (κ2) is 5.88. The van der Waals surface area contributed by atoms with E-state index >= 15 is 0 Å². The third kappa shape index (κ3) is 2.64. The summed E-state index contributed by atoms with van der Waals surface area (Å²) in [4.78, 5) is 15.6. The predicted molar refractivity (Wildman–Crippen MR) is 90.4 cm³/mol. The van der Waals surface area contributed by atoms with Crippen LogP contribution in [0.3, 0.4) is 0 Å². The molecule has 0 saturated carbocycles. The van der Waals surface area contributed by atoms with Gasteiger partial charge in [-0.1, -0.05) is 0 Å². The van der Waals surface area contributed by atoms with Crippen molar-refractivity contribution in [3.05, 3.63) is 58.4 Å². The lowest BCUT2D eigenvalue weighted by molar-refractivity contribution is 0.0691. The molecule has 1 unspecified atom stereocenters. The quantitative estimate of drug-likeness (QED) is 0.725. The minimum absolute atomic E-state index is 0.00972. The van der Waals surface area contributed by atoms with E-state index in [4.69, 9.17) is 9.84 Å². The average Bonchev–Trinajstić information content (AvgIpc) is 3.33. The molecule has 2 aromatic heterocycles. The number of nitrogens with zero attached hydrogens (tertiary/aromatic N) is 2. The number of aryl methyl sites for hydroxylation is 1. The lowest BCUT2D eigenvalue weighted by Crippen LogP contribution is -2.07. The van der Waals surface area contributed by atoms with Gasteiger partial charge in [-0.2, -0.15) is 0 Å². The number of carbonyl (C=O) groups is 1. The normalized spacial score (nSPS) is 16.2. The van der Waals surface area contributed by atoms with E-state index in [1.54, 1.807) is 0 Å². The van der Waals surface area contributed by atoms with Crippen LogP contribution in [0.2, 0.25) is 0 Å². The summed E-state index contributed by atoms with van der Waals surface area (Å²) in [5.74, 6) is -3.26. The Kier molecular flexibility index (Phi) is 3.77. The Hall–Kier alpha value is -2.80. The van der Waals surface area contributed by atoms with E-state index in [1.807, 2.05) is 29.7 Å². The van der Waals surface area contributed by atoms with Crippen molar-refractivity contribution in [2.75, 3.05) is 6.61 Å². The zero-order valence-corrected chi connectivity index (χ0v) is 14.2. The average molecular weight is 358 g/mol. The number of benzene rings is 1. The monoisotopic (exact) mass is 358 g/mol. The Morgan fingerprint density at radius 3 is 2.77 bits per heavy atom. The van der Waals surface area contributed by atoms with Crippen molar-refractivity contribution >= 4 is 11.6 Å². The van der Waals surface area contributed by atoms with Crippen LogP contribution in [0.15, 0.2) is 24.4 Å². The molecule has 26 heavy (non-hydrogen) atoms. The van der Waals surface area contributed by atoms with Gasteiger partial charge in [0.15, 0.2) is 0 Å². The number of epoxide rings is 1. The number of carboxylic acid groups (broad SMARTS) is 1. The van der Waals surface area contributed by atoms with Crippen LogP contribution in [0, 0.1) is 25.5 Å². The summed E-state index contributed by atoms with van der Waals surface area (Å²) in [5, 5.41) is 9.06. The van der Waals surface area contributed by atoms with E-state index in [9.17, 15) is 13.6 Å². The van der Waals surface area contributed by atoms with E-state index in [0.717, 1.165) is 5.56 Å².